The summed E-state index contributed by atoms with van der Waals surface area (Å²) in [6, 6.07) is 10.6. The van der Waals surface area contributed by atoms with Crippen molar-refractivity contribution in [3.63, 3.8) is 0 Å². The Morgan fingerprint density at radius 1 is 0.897 bits per heavy atom. The van der Waals surface area contributed by atoms with E-state index in [0.717, 1.165) is 39.3 Å². The van der Waals surface area contributed by atoms with Gasteiger partial charge in [-0.15, -0.1) is 0 Å². The number of carbonyl (C=O) groups excluding carboxylic acids is 3. The van der Waals surface area contributed by atoms with Crippen LogP contribution in [0, 0.1) is 5.41 Å². The quantitative estimate of drug-likeness (QED) is 0.290. The molecule has 216 valence electrons. The minimum atomic E-state index is -0.845. The highest BCUT2D eigenvalue weighted by molar-refractivity contribution is 5.83. The summed E-state index contributed by atoms with van der Waals surface area (Å²) in [4.78, 5) is 46.5. The van der Waals surface area contributed by atoms with Gasteiger partial charge in [0, 0.05) is 52.4 Å². The molecule has 3 aliphatic heterocycles. The third kappa shape index (κ3) is 8.16. The molecule has 39 heavy (non-hydrogen) atoms. The predicted octanol–water partition coefficient (Wildman–Crippen LogP) is 2.22. The van der Waals surface area contributed by atoms with Crippen LogP contribution in [-0.2, 0) is 30.3 Å². The van der Waals surface area contributed by atoms with E-state index in [-0.39, 0.29) is 43.8 Å². The molecular formula is C29H44N4O6. The van der Waals surface area contributed by atoms with Crippen LogP contribution >= 0.6 is 0 Å². The number of ether oxygens (including phenoxy) is 3. The molecule has 3 fully saturated rings. The summed E-state index contributed by atoms with van der Waals surface area (Å²) in [5.41, 5.74) is 0.499. The predicted molar refractivity (Wildman–Crippen MR) is 146 cm³/mol. The lowest BCUT2D eigenvalue weighted by Gasteiger charge is -2.39. The van der Waals surface area contributed by atoms with Crippen molar-refractivity contribution in [1.82, 2.24) is 19.6 Å². The van der Waals surface area contributed by atoms with Gasteiger partial charge in [-0.2, -0.15) is 0 Å². The molecule has 3 saturated heterocycles. The smallest absolute Gasteiger partial charge is 0.410 e. The Kier molecular flexibility index (Phi) is 10.6. The van der Waals surface area contributed by atoms with Crippen LogP contribution in [0.4, 0.5) is 4.79 Å². The summed E-state index contributed by atoms with van der Waals surface area (Å²) in [5.74, 6) is -0.686. The lowest BCUT2D eigenvalue weighted by molar-refractivity contribution is -0.165. The molecule has 3 heterocycles. The highest BCUT2D eigenvalue weighted by Gasteiger charge is 2.45. The van der Waals surface area contributed by atoms with E-state index in [9.17, 15) is 14.4 Å². The van der Waals surface area contributed by atoms with Crippen molar-refractivity contribution in [3.05, 3.63) is 35.9 Å². The number of cyclic esters (lactones) is 1. The van der Waals surface area contributed by atoms with Crippen molar-refractivity contribution in [1.29, 1.82) is 0 Å². The second-order valence-electron chi connectivity index (χ2n) is 10.8. The molecule has 1 amide bonds. The zero-order chi connectivity index (χ0) is 27.7. The summed E-state index contributed by atoms with van der Waals surface area (Å²) < 4.78 is 16.1. The van der Waals surface area contributed by atoms with Gasteiger partial charge < -0.3 is 19.1 Å². The van der Waals surface area contributed by atoms with Gasteiger partial charge in [0.2, 0.25) is 0 Å². The number of amides is 1. The van der Waals surface area contributed by atoms with Gasteiger partial charge in [-0.3, -0.25) is 24.3 Å². The van der Waals surface area contributed by atoms with Gasteiger partial charge in [-0.05, 0) is 45.3 Å². The maximum absolute atomic E-state index is 12.8. The molecule has 1 aromatic rings. The van der Waals surface area contributed by atoms with Gasteiger partial charge in [0.25, 0.3) is 0 Å². The lowest BCUT2D eigenvalue weighted by Crippen LogP contribution is -2.49. The molecule has 0 aliphatic carbocycles. The average molecular weight is 545 g/mol. The topological polar surface area (TPSA) is 91.9 Å². The fraction of sp³-hybridized carbons (Fsp3) is 0.690. The normalized spacial score (nSPS) is 22.5. The summed E-state index contributed by atoms with van der Waals surface area (Å²) in [5, 5.41) is 0. The Hall–Kier alpha value is -2.69. The molecule has 0 bridgehead atoms. The number of piperazine rings is 1. The molecule has 0 spiro atoms. The molecular weight excluding hydrogens is 500 g/mol. The van der Waals surface area contributed by atoms with Crippen molar-refractivity contribution in [3.8, 4) is 0 Å². The minimum Gasteiger partial charge on any atom is -0.466 e. The van der Waals surface area contributed by atoms with E-state index in [1.807, 2.05) is 11.0 Å². The third-order valence-corrected chi connectivity index (χ3v) is 8.12. The summed E-state index contributed by atoms with van der Waals surface area (Å²) >= 11 is 0. The molecule has 3 aliphatic rings. The van der Waals surface area contributed by atoms with Gasteiger partial charge in [0.1, 0.15) is 6.10 Å². The zero-order valence-corrected chi connectivity index (χ0v) is 23.5. The van der Waals surface area contributed by atoms with Crippen molar-refractivity contribution in [2.75, 3.05) is 78.7 Å². The molecule has 10 heteroatoms. The van der Waals surface area contributed by atoms with Crippen LogP contribution < -0.4 is 0 Å². The van der Waals surface area contributed by atoms with Gasteiger partial charge >= 0.3 is 18.0 Å². The highest BCUT2D eigenvalue weighted by atomic mass is 16.6. The van der Waals surface area contributed by atoms with E-state index in [2.05, 4.69) is 39.0 Å². The lowest BCUT2D eigenvalue weighted by atomic mass is 9.75. The van der Waals surface area contributed by atoms with Crippen LogP contribution in [0.1, 0.15) is 38.7 Å². The number of hydrogen-bond acceptors (Lipinski definition) is 9. The van der Waals surface area contributed by atoms with Crippen LogP contribution in [0.3, 0.4) is 0 Å². The number of carbonyl (C=O) groups is 3. The zero-order valence-electron chi connectivity index (χ0n) is 23.5. The molecule has 0 radical (unpaired) electrons. The van der Waals surface area contributed by atoms with Crippen LogP contribution in [0.15, 0.2) is 30.3 Å². The van der Waals surface area contributed by atoms with E-state index in [1.54, 1.807) is 13.8 Å². The van der Waals surface area contributed by atoms with Gasteiger partial charge in [-0.25, -0.2) is 4.79 Å². The fourth-order valence-corrected chi connectivity index (χ4v) is 5.80. The van der Waals surface area contributed by atoms with Gasteiger partial charge in [0.05, 0.1) is 31.6 Å². The Morgan fingerprint density at radius 3 is 2.23 bits per heavy atom. The first-order valence-electron chi connectivity index (χ1n) is 14.4. The summed E-state index contributed by atoms with van der Waals surface area (Å²) in [7, 11) is 0. The number of hydrogen-bond donors (Lipinski definition) is 0. The summed E-state index contributed by atoms with van der Waals surface area (Å²) in [6.45, 7) is 13.1. The number of esters is 2. The van der Waals surface area contributed by atoms with Gasteiger partial charge in [-0.1, -0.05) is 30.3 Å². The third-order valence-electron chi connectivity index (χ3n) is 8.12. The number of benzene rings is 1. The highest BCUT2D eigenvalue weighted by Crippen LogP contribution is 2.37. The molecule has 1 unspecified atom stereocenters. The van der Waals surface area contributed by atoms with Crippen LogP contribution in [0.25, 0.3) is 0 Å². The maximum Gasteiger partial charge on any atom is 0.410 e. The van der Waals surface area contributed by atoms with Crippen molar-refractivity contribution in [2.45, 2.75) is 45.8 Å². The standard InChI is InChI=1S/C29H44N4O6/c1-3-37-26(34)20-29(27(35)38-4-2)10-12-31(13-11-29)22-25-23-33(28(36)39-25)19-18-30-14-16-32(17-15-30)21-24-8-6-5-7-9-24/h5-9,25H,3-4,10-23H2,1-2H3. The molecule has 10 nitrogen and oxygen atoms in total. The second-order valence-corrected chi connectivity index (χ2v) is 10.8. The van der Waals surface area contributed by atoms with E-state index in [0.29, 0.717) is 45.6 Å². The number of piperidine rings is 1. The fourth-order valence-electron chi connectivity index (χ4n) is 5.80. The van der Waals surface area contributed by atoms with Gasteiger partial charge in [0.15, 0.2) is 0 Å². The molecule has 4 rings (SSSR count). The Balaban J connectivity index is 1.18. The Labute approximate surface area is 232 Å². The monoisotopic (exact) mass is 544 g/mol. The van der Waals surface area contributed by atoms with E-state index in [4.69, 9.17) is 14.2 Å². The van der Waals surface area contributed by atoms with Crippen molar-refractivity contribution < 1.29 is 28.6 Å². The van der Waals surface area contributed by atoms with Crippen LogP contribution in [0.2, 0.25) is 0 Å². The first-order chi connectivity index (χ1) is 18.9. The number of rotatable bonds is 12. The molecule has 0 saturated carbocycles. The Bertz CT molecular complexity index is 944. The molecule has 1 atom stereocenters. The Morgan fingerprint density at radius 2 is 1.56 bits per heavy atom. The van der Waals surface area contributed by atoms with E-state index >= 15 is 0 Å². The van der Waals surface area contributed by atoms with Crippen LogP contribution in [0.5, 0.6) is 0 Å². The minimum absolute atomic E-state index is 0.0419. The van der Waals surface area contributed by atoms with E-state index in [1.165, 1.54) is 5.56 Å². The SMILES string of the molecule is CCOC(=O)CC1(C(=O)OCC)CCN(CC2CN(CCN3CCN(Cc4ccccc4)CC3)C(=O)O2)CC1. The first-order valence-corrected chi connectivity index (χ1v) is 14.4. The average Bonchev–Trinajstić information content (AvgIpc) is 3.28. The summed E-state index contributed by atoms with van der Waals surface area (Å²) in [6.07, 6.45) is 0.639. The molecule has 1 aromatic carbocycles. The van der Waals surface area contributed by atoms with E-state index < -0.39 is 5.41 Å². The first kappa shape index (κ1) is 29.3. The van der Waals surface area contributed by atoms with Crippen LogP contribution in [-0.4, -0.2) is 122 Å². The molecule has 0 aromatic heterocycles. The molecule has 0 N–H and O–H groups in total. The number of likely N-dealkylation sites (tertiary alicyclic amines) is 1. The second kappa shape index (κ2) is 14.1. The largest absolute Gasteiger partial charge is 0.466 e. The van der Waals surface area contributed by atoms with Crippen molar-refractivity contribution in [2.24, 2.45) is 5.41 Å². The number of nitrogens with zero attached hydrogens (tertiary/aromatic N) is 4. The maximum atomic E-state index is 12.8. The van der Waals surface area contributed by atoms with Crippen molar-refractivity contribution >= 4 is 18.0 Å².